The minimum Gasteiger partial charge on any atom is -0.342 e. The number of piperidine rings is 3. The smallest absolute Gasteiger partial charge is 0.342 e. The molecule has 0 atom stereocenters. The minimum absolute atomic E-state index is 0.0304. The van der Waals surface area contributed by atoms with Crippen molar-refractivity contribution in [2.24, 2.45) is 5.92 Å². The van der Waals surface area contributed by atoms with E-state index < -0.39 is 35.0 Å². The summed E-state index contributed by atoms with van der Waals surface area (Å²) >= 11 is 0. The number of amides is 2. The third kappa shape index (κ3) is 6.15. The molecule has 0 aliphatic carbocycles. The highest BCUT2D eigenvalue weighted by molar-refractivity contribution is 5.94. The van der Waals surface area contributed by atoms with Crippen LogP contribution >= 0.6 is 0 Å². The Morgan fingerprint density at radius 2 is 1.19 bits per heavy atom. The first-order valence-electron chi connectivity index (χ1n) is 12.5. The molecule has 1 aromatic rings. The first-order valence-corrected chi connectivity index (χ1v) is 12.5. The van der Waals surface area contributed by atoms with Gasteiger partial charge in [-0.2, -0.15) is 26.3 Å². The predicted molar refractivity (Wildman–Crippen MR) is 120 cm³/mol. The third-order valence-corrected chi connectivity index (χ3v) is 7.65. The maximum atomic E-state index is 13.2. The maximum absolute atomic E-state index is 13.2. The number of halogens is 6. The Hall–Kier alpha value is -2.30. The van der Waals surface area contributed by atoms with E-state index in [-0.39, 0.29) is 37.0 Å². The van der Waals surface area contributed by atoms with Gasteiger partial charge >= 0.3 is 12.4 Å². The maximum Gasteiger partial charge on any atom is 0.416 e. The summed E-state index contributed by atoms with van der Waals surface area (Å²) in [5.41, 5.74) is -3.58. The second-order valence-corrected chi connectivity index (χ2v) is 10.0. The summed E-state index contributed by atoms with van der Waals surface area (Å²) in [5, 5.41) is 0. The van der Waals surface area contributed by atoms with Crippen molar-refractivity contribution in [1.82, 2.24) is 14.7 Å². The fourth-order valence-electron chi connectivity index (χ4n) is 5.58. The summed E-state index contributed by atoms with van der Waals surface area (Å²) < 4.78 is 79.0. The third-order valence-electron chi connectivity index (χ3n) is 7.65. The second-order valence-electron chi connectivity index (χ2n) is 10.0. The van der Waals surface area contributed by atoms with E-state index in [9.17, 15) is 35.9 Å². The Balaban J connectivity index is 1.33. The fraction of sp³-hybridized carbons (Fsp3) is 0.680. The summed E-state index contributed by atoms with van der Waals surface area (Å²) in [6.07, 6.45) is -3.99. The van der Waals surface area contributed by atoms with Crippen LogP contribution in [0.4, 0.5) is 26.3 Å². The van der Waals surface area contributed by atoms with Crippen molar-refractivity contribution in [3.05, 3.63) is 34.9 Å². The molecule has 3 aliphatic heterocycles. The number of benzene rings is 1. The van der Waals surface area contributed by atoms with Gasteiger partial charge in [-0.3, -0.25) is 9.59 Å². The zero-order chi connectivity index (χ0) is 26.1. The Bertz CT molecular complexity index is 910. The SMILES string of the molecule is O=C(c1cc(C(F)(F)F)cc(C(F)(F)F)c1)N1CCC(N2CCC(C(=O)N3CCCCC3)CC2)CC1. The number of alkyl halides is 6. The topological polar surface area (TPSA) is 43.9 Å². The van der Waals surface area contributed by atoms with Crippen LogP contribution in [-0.2, 0) is 17.1 Å². The molecule has 11 heteroatoms. The van der Waals surface area contributed by atoms with Crippen molar-refractivity contribution in [1.29, 1.82) is 0 Å². The molecule has 36 heavy (non-hydrogen) atoms. The Kier molecular flexibility index (Phi) is 7.87. The normalized spacial score (nSPS) is 21.6. The number of rotatable bonds is 3. The lowest BCUT2D eigenvalue weighted by Gasteiger charge is -2.42. The highest BCUT2D eigenvalue weighted by atomic mass is 19.4. The van der Waals surface area contributed by atoms with Gasteiger partial charge in [-0.05, 0) is 76.2 Å². The molecule has 3 heterocycles. The van der Waals surface area contributed by atoms with Crippen LogP contribution in [0.2, 0.25) is 0 Å². The molecule has 0 radical (unpaired) electrons. The van der Waals surface area contributed by atoms with Crippen molar-refractivity contribution >= 4 is 11.8 Å². The van der Waals surface area contributed by atoms with Gasteiger partial charge in [0.15, 0.2) is 0 Å². The van der Waals surface area contributed by atoms with Crippen LogP contribution in [0, 0.1) is 5.92 Å². The lowest BCUT2D eigenvalue weighted by molar-refractivity contribution is -0.143. The van der Waals surface area contributed by atoms with Gasteiger partial charge < -0.3 is 14.7 Å². The van der Waals surface area contributed by atoms with Gasteiger partial charge in [-0.25, -0.2) is 0 Å². The zero-order valence-electron chi connectivity index (χ0n) is 20.0. The summed E-state index contributed by atoms with van der Waals surface area (Å²) in [5.74, 6) is -0.547. The molecule has 0 saturated carbocycles. The number of carbonyl (C=O) groups excluding carboxylic acids is 2. The summed E-state index contributed by atoms with van der Waals surface area (Å²) in [6, 6.07) is 1.19. The average molecular weight is 520 g/mol. The van der Waals surface area contributed by atoms with Gasteiger partial charge in [0.2, 0.25) is 5.91 Å². The second kappa shape index (κ2) is 10.6. The van der Waals surface area contributed by atoms with Crippen LogP contribution < -0.4 is 0 Å². The number of likely N-dealkylation sites (tertiary alicyclic amines) is 3. The fourth-order valence-corrected chi connectivity index (χ4v) is 5.58. The Morgan fingerprint density at radius 1 is 0.667 bits per heavy atom. The lowest BCUT2D eigenvalue weighted by atomic mass is 9.91. The van der Waals surface area contributed by atoms with E-state index in [0.717, 1.165) is 51.9 Å². The quantitative estimate of drug-likeness (QED) is 0.525. The van der Waals surface area contributed by atoms with E-state index in [2.05, 4.69) is 4.90 Å². The van der Waals surface area contributed by atoms with Crippen molar-refractivity contribution in [2.75, 3.05) is 39.3 Å². The summed E-state index contributed by atoms with van der Waals surface area (Å²) in [7, 11) is 0. The van der Waals surface area contributed by atoms with Crippen LogP contribution in [0.1, 0.15) is 66.4 Å². The molecule has 0 N–H and O–H groups in total. The molecular formula is C25H31F6N3O2. The minimum atomic E-state index is -5.00. The molecule has 3 saturated heterocycles. The molecule has 0 aromatic heterocycles. The summed E-state index contributed by atoms with van der Waals surface area (Å²) in [6.45, 7) is 3.72. The molecule has 0 unspecified atom stereocenters. The largest absolute Gasteiger partial charge is 0.416 e. The van der Waals surface area contributed by atoms with Crippen LogP contribution in [0.15, 0.2) is 18.2 Å². The van der Waals surface area contributed by atoms with E-state index in [0.29, 0.717) is 25.0 Å². The monoisotopic (exact) mass is 519 g/mol. The first kappa shape index (κ1) is 26.8. The predicted octanol–water partition coefficient (Wildman–Crippen LogP) is 5.05. The molecule has 0 bridgehead atoms. The molecule has 2 amide bonds. The highest BCUT2D eigenvalue weighted by Gasteiger charge is 2.39. The number of nitrogens with zero attached hydrogens (tertiary/aromatic N) is 3. The number of hydrogen-bond donors (Lipinski definition) is 0. The Morgan fingerprint density at radius 3 is 1.69 bits per heavy atom. The van der Waals surface area contributed by atoms with E-state index in [1.54, 1.807) is 0 Å². The van der Waals surface area contributed by atoms with Crippen molar-refractivity contribution in [2.45, 2.75) is 63.3 Å². The molecular weight excluding hydrogens is 488 g/mol. The van der Waals surface area contributed by atoms with E-state index in [1.165, 1.54) is 11.3 Å². The molecule has 4 rings (SSSR count). The van der Waals surface area contributed by atoms with Crippen molar-refractivity contribution in [3.63, 3.8) is 0 Å². The highest BCUT2D eigenvalue weighted by Crippen LogP contribution is 2.37. The van der Waals surface area contributed by atoms with Gasteiger partial charge in [0.1, 0.15) is 0 Å². The van der Waals surface area contributed by atoms with Gasteiger partial charge in [0.05, 0.1) is 11.1 Å². The molecule has 5 nitrogen and oxygen atoms in total. The molecule has 1 aromatic carbocycles. The van der Waals surface area contributed by atoms with Gasteiger partial charge in [-0.1, -0.05) is 0 Å². The molecule has 3 fully saturated rings. The van der Waals surface area contributed by atoms with E-state index >= 15 is 0 Å². The first-order chi connectivity index (χ1) is 16.9. The van der Waals surface area contributed by atoms with Crippen LogP contribution in [0.25, 0.3) is 0 Å². The van der Waals surface area contributed by atoms with Crippen molar-refractivity contribution < 1.29 is 35.9 Å². The van der Waals surface area contributed by atoms with Crippen molar-refractivity contribution in [3.8, 4) is 0 Å². The van der Waals surface area contributed by atoms with Crippen LogP contribution in [0.3, 0.4) is 0 Å². The number of carbonyl (C=O) groups is 2. The number of hydrogen-bond acceptors (Lipinski definition) is 3. The van der Waals surface area contributed by atoms with Gasteiger partial charge in [0.25, 0.3) is 5.91 Å². The molecule has 3 aliphatic rings. The molecule has 200 valence electrons. The van der Waals surface area contributed by atoms with E-state index in [4.69, 9.17) is 0 Å². The zero-order valence-corrected chi connectivity index (χ0v) is 20.0. The van der Waals surface area contributed by atoms with Crippen LogP contribution in [-0.4, -0.2) is 71.8 Å². The standard InChI is InChI=1S/C25H31F6N3O2/c26-24(27,28)19-14-18(15-20(16-19)25(29,30)31)23(36)34-12-6-21(7-13-34)32-10-4-17(5-11-32)22(35)33-8-2-1-3-9-33/h14-17,21H,1-13H2. The Labute approximate surface area is 206 Å². The van der Waals surface area contributed by atoms with Gasteiger partial charge in [0, 0.05) is 43.7 Å². The molecule has 0 spiro atoms. The average Bonchev–Trinajstić information content (AvgIpc) is 2.87. The van der Waals surface area contributed by atoms with Gasteiger partial charge in [-0.15, -0.1) is 0 Å². The van der Waals surface area contributed by atoms with E-state index in [1.807, 2.05) is 4.90 Å². The lowest BCUT2D eigenvalue weighted by Crippen LogP contribution is -2.50. The van der Waals surface area contributed by atoms with Crippen LogP contribution in [0.5, 0.6) is 0 Å². The summed E-state index contributed by atoms with van der Waals surface area (Å²) in [4.78, 5) is 31.2.